The Bertz CT molecular complexity index is 1190. The van der Waals surface area contributed by atoms with Gasteiger partial charge in [0.1, 0.15) is 17.6 Å². The van der Waals surface area contributed by atoms with E-state index in [4.69, 9.17) is 4.42 Å². The molecule has 3 aromatic carbocycles. The molecule has 132 valence electrons. The lowest BCUT2D eigenvalue weighted by molar-refractivity contribution is 0.456. The van der Waals surface area contributed by atoms with Crippen LogP contribution in [0.1, 0.15) is 17.4 Å². The zero-order chi connectivity index (χ0) is 18.2. The Morgan fingerprint density at radius 3 is 2.63 bits per heavy atom. The van der Waals surface area contributed by atoms with Crippen LogP contribution in [0.2, 0.25) is 0 Å². The first kappa shape index (κ1) is 15.9. The van der Waals surface area contributed by atoms with E-state index in [1.54, 1.807) is 23.7 Å². The Labute approximate surface area is 159 Å². The highest BCUT2D eigenvalue weighted by atomic mass is 32.1. The summed E-state index contributed by atoms with van der Waals surface area (Å²) in [5.74, 6) is 0.949. The first-order chi connectivity index (χ1) is 13.3. The average Bonchev–Trinajstić information content (AvgIpc) is 3.36. The van der Waals surface area contributed by atoms with Gasteiger partial charge in [-0.1, -0.05) is 53.8 Å². The molecule has 0 saturated heterocycles. The van der Waals surface area contributed by atoms with Gasteiger partial charge < -0.3 is 14.8 Å². The topological polar surface area (TPSA) is 58.3 Å². The van der Waals surface area contributed by atoms with Gasteiger partial charge in [-0.15, -0.1) is 0 Å². The van der Waals surface area contributed by atoms with Crippen LogP contribution >= 0.6 is 11.3 Å². The van der Waals surface area contributed by atoms with Crippen molar-refractivity contribution >= 4 is 37.5 Å². The monoisotopic (exact) mass is 372 g/mol. The molecule has 0 aliphatic rings. The van der Waals surface area contributed by atoms with Crippen molar-refractivity contribution in [3.05, 3.63) is 90.4 Å². The first-order valence-electron chi connectivity index (χ1n) is 8.66. The third-order valence-corrected chi connectivity index (χ3v) is 5.59. The highest BCUT2D eigenvalue weighted by Crippen LogP contribution is 2.39. The Kier molecular flexibility index (Phi) is 3.80. The number of fused-ring (bicyclic) bond motifs is 2. The van der Waals surface area contributed by atoms with Crippen molar-refractivity contribution in [3.63, 3.8) is 0 Å². The van der Waals surface area contributed by atoms with Crippen molar-refractivity contribution in [3.8, 4) is 5.75 Å². The zero-order valence-electron chi connectivity index (χ0n) is 14.3. The van der Waals surface area contributed by atoms with E-state index in [9.17, 15) is 5.11 Å². The number of phenolic OH excluding ortho intramolecular Hbond substituents is 1. The lowest BCUT2D eigenvalue weighted by atomic mass is 9.96. The Morgan fingerprint density at radius 1 is 0.926 bits per heavy atom. The predicted molar refractivity (Wildman–Crippen MR) is 109 cm³/mol. The van der Waals surface area contributed by atoms with Crippen LogP contribution in [0, 0.1) is 0 Å². The van der Waals surface area contributed by atoms with Crippen LogP contribution in [0.4, 0.5) is 5.13 Å². The van der Waals surface area contributed by atoms with Crippen LogP contribution in [0.25, 0.3) is 21.0 Å². The Balaban J connectivity index is 1.67. The molecule has 0 aliphatic carbocycles. The van der Waals surface area contributed by atoms with Gasteiger partial charge in [-0.2, -0.15) is 0 Å². The van der Waals surface area contributed by atoms with Gasteiger partial charge in [-0.05, 0) is 41.1 Å². The minimum atomic E-state index is -0.355. The normalized spacial score (nSPS) is 12.4. The summed E-state index contributed by atoms with van der Waals surface area (Å²) in [5, 5.41) is 17.0. The van der Waals surface area contributed by atoms with Gasteiger partial charge in [0, 0.05) is 5.56 Å². The molecule has 0 amide bonds. The summed E-state index contributed by atoms with van der Waals surface area (Å²) in [6.45, 7) is 0. The second-order valence-electron chi connectivity index (χ2n) is 6.30. The smallest absolute Gasteiger partial charge is 0.184 e. The molecule has 5 aromatic rings. The van der Waals surface area contributed by atoms with E-state index in [1.807, 2.05) is 60.7 Å². The molecule has 2 aromatic heterocycles. The fraction of sp³-hybridized carbons (Fsp3) is 0.0455. The van der Waals surface area contributed by atoms with Crippen LogP contribution in [-0.2, 0) is 0 Å². The zero-order valence-corrected chi connectivity index (χ0v) is 15.1. The van der Waals surface area contributed by atoms with Gasteiger partial charge in [-0.25, -0.2) is 4.98 Å². The van der Waals surface area contributed by atoms with E-state index in [0.29, 0.717) is 0 Å². The summed E-state index contributed by atoms with van der Waals surface area (Å²) < 4.78 is 6.81. The standard InChI is InChI=1S/C22H16N2O2S/c25-17-12-11-14-6-1-2-7-15(14)20(17)21(18-9-5-13-26-18)24-22-23-16-8-3-4-10-19(16)27-22/h1-13,21,25H,(H,23,24). The summed E-state index contributed by atoms with van der Waals surface area (Å²) in [6, 6.07) is 23.1. The van der Waals surface area contributed by atoms with Crippen molar-refractivity contribution in [2.24, 2.45) is 0 Å². The van der Waals surface area contributed by atoms with Crippen molar-refractivity contribution in [1.82, 2.24) is 4.98 Å². The largest absolute Gasteiger partial charge is 0.508 e. The van der Waals surface area contributed by atoms with Crippen molar-refractivity contribution < 1.29 is 9.52 Å². The molecule has 0 fully saturated rings. The van der Waals surface area contributed by atoms with Crippen LogP contribution in [0.15, 0.2) is 83.5 Å². The fourth-order valence-electron chi connectivity index (χ4n) is 3.39. The number of anilines is 1. The third-order valence-electron chi connectivity index (χ3n) is 4.63. The molecule has 5 heteroatoms. The molecule has 0 spiro atoms. The summed E-state index contributed by atoms with van der Waals surface area (Å²) in [6.07, 6.45) is 1.64. The quantitative estimate of drug-likeness (QED) is 0.409. The maximum Gasteiger partial charge on any atom is 0.184 e. The van der Waals surface area contributed by atoms with Crippen molar-refractivity contribution in [2.45, 2.75) is 6.04 Å². The van der Waals surface area contributed by atoms with E-state index in [-0.39, 0.29) is 11.8 Å². The number of aromatic hydroxyl groups is 1. The highest BCUT2D eigenvalue weighted by Gasteiger charge is 2.24. The van der Waals surface area contributed by atoms with Gasteiger partial charge in [0.25, 0.3) is 0 Å². The first-order valence-corrected chi connectivity index (χ1v) is 9.47. The molecule has 0 radical (unpaired) electrons. The Morgan fingerprint density at radius 2 is 1.78 bits per heavy atom. The number of benzene rings is 3. The van der Waals surface area contributed by atoms with Crippen molar-refractivity contribution in [1.29, 1.82) is 0 Å². The van der Waals surface area contributed by atoms with Crippen LogP contribution < -0.4 is 5.32 Å². The number of aromatic nitrogens is 1. The SMILES string of the molecule is Oc1ccc2ccccc2c1C(Nc1nc2ccccc2s1)c1ccco1. The van der Waals surface area contributed by atoms with Crippen molar-refractivity contribution in [2.75, 3.05) is 5.32 Å². The molecule has 0 bridgehead atoms. The van der Waals surface area contributed by atoms with E-state index >= 15 is 0 Å². The lowest BCUT2D eigenvalue weighted by Crippen LogP contribution is -2.12. The van der Waals surface area contributed by atoms with Crippen LogP contribution in [0.3, 0.4) is 0 Å². The molecular weight excluding hydrogens is 356 g/mol. The number of nitrogens with one attached hydrogen (secondary N) is 1. The molecule has 0 saturated carbocycles. The van der Waals surface area contributed by atoms with Gasteiger partial charge in [0.15, 0.2) is 5.13 Å². The highest BCUT2D eigenvalue weighted by molar-refractivity contribution is 7.22. The number of nitrogens with zero attached hydrogens (tertiary/aromatic N) is 1. The number of thiazole rings is 1. The average molecular weight is 372 g/mol. The van der Waals surface area contributed by atoms with Crippen LogP contribution in [-0.4, -0.2) is 10.1 Å². The van der Waals surface area contributed by atoms with E-state index < -0.39 is 0 Å². The van der Waals surface area contributed by atoms with Crippen LogP contribution in [0.5, 0.6) is 5.75 Å². The number of rotatable bonds is 4. The van der Waals surface area contributed by atoms with E-state index in [0.717, 1.165) is 37.4 Å². The number of furan rings is 1. The summed E-state index contributed by atoms with van der Waals surface area (Å²) >= 11 is 1.58. The summed E-state index contributed by atoms with van der Waals surface area (Å²) in [7, 11) is 0. The molecule has 2 heterocycles. The molecule has 0 aliphatic heterocycles. The van der Waals surface area contributed by atoms with Gasteiger partial charge >= 0.3 is 0 Å². The molecular formula is C22H16N2O2S. The molecule has 4 nitrogen and oxygen atoms in total. The predicted octanol–water partition coefficient (Wildman–Crippen LogP) is 5.95. The second kappa shape index (κ2) is 6.45. The minimum absolute atomic E-state index is 0.226. The van der Waals surface area contributed by atoms with Gasteiger partial charge in [0.2, 0.25) is 0 Å². The second-order valence-corrected chi connectivity index (χ2v) is 7.33. The summed E-state index contributed by atoms with van der Waals surface area (Å²) in [4.78, 5) is 4.68. The maximum absolute atomic E-state index is 10.7. The number of hydrogen-bond donors (Lipinski definition) is 2. The third kappa shape index (κ3) is 2.82. The Hall–Kier alpha value is -3.31. The van der Waals surface area contributed by atoms with Gasteiger partial charge in [0.05, 0.1) is 16.5 Å². The fourth-order valence-corrected chi connectivity index (χ4v) is 4.28. The summed E-state index contributed by atoms with van der Waals surface area (Å²) in [5.41, 5.74) is 1.73. The number of phenols is 1. The van der Waals surface area contributed by atoms with E-state index in [2.05, 4.69) is 16.4 Å². The van der Waals surface area contributed by atoms with Gasteiger partial charge in [-0.3, -0.25) is 0 Å². The maximum atomic E-state index is 10.7. The molecule has 1 atom stereocenters. The molecule has 5 rings (SSSR count). The molecule has 2 N–H and O–H groups in total. The number of para-hydroxylation sites is 1. The molecule has 1 unspecified atom stereocenters. The minimum Gasteiger partial charge on any atom is -0.508 e. The lowest BCUT2D eigenvalue weighted by Gasteiger charge is -2.20. The number of hydrogen-bond acceptors (Lipinski definition) is 5. The van der Waals surface area contributed by atoms with E-state index in [1.165, 1.54) is 0 Å². The molecule has 27 heavy (non-hydrogen) atoms.